The molecule has 3 aliphatic rings. The van der Waals surface area contributed by atoms with Crippen molar-refractivity contribution in [2.24, 2.45) is 17.8 Å². The van der Waals surface area contributed by atoms with Crippen LogP contribution in [0.2, 0.25) is 0 Å². The first-order chi connectivity index (χ1) is 9.74. The van der Waals surface area contributed by atoms with Gasteiger partial charge in [-0.1, -0.05) is 52.4 Å². The van der Waals surface area contributed by atoms with Crippen molar-refractivity contribution in [2.45, 2.75) is 96.6 Å². The normalized spacial score (nSPS) is 43.0. The van der Waals surface area contributed by atoms with E-state index in [1.54, 1.807) is 0 Å². The van der Waals surface area contributed by atoms with Gasteiger partial charge in [-0.15, -0.1) is 0 Å². The smallest absolute Gasteiger partial charge is 0.160 e. The van der Waals surface area contributed by atoms with Gasteiger partial charge >= 0.3 is 0 Å². The summed E-state index contributed by atoms with van der Waals surface area (Å²) in [7, 11) is 0. The van der Waals surface area contributed by atoms with E-state index >= 15 is 0 Å². The van der Waals surface area contributed by atoms with Gasteiger partial charge in [-0.05, 0) is 37.5 Å². The lowest BCUT2D eigenvalue weighted by atomic mass is 9.74. The van der Waals surface area contributed by atoms with E-state index in [4.69, 9.17) is 9.47 Å². The molecule has 0 bridgehead atoms. The zero-order chi connectivity index (χ0) is 13.9. The van der Waals surface area contributed by atoms with Crippen molar-refractivity contribution in [2.75, 3.05) is 0 Å². The average Bonchev–Trinajstić information content (AvgIpc) is 2.78. The Morgan fingerprint density at radius 2 is 1.15 bits per heavy atom. The van der Waals surface area contributed by atoms with Crippen molar-refractivity contribution >= 4 is 0 Å². The third-order valence-electron chi connectivity index (χ3n) is 5.79. The van der Waals surface area contributed by atoms with E-state index in [2.05, 4.69) is 13.8 Å². The van der Waals surface area contributed by atoms with Gasteiger partial charge in [-0.2, -0.15) is 0 Å². The Labute approximate surface area is 124 Å². The van der Waals surface area contributed by atoms with Crippen molar-refractivity contribution in [3.05, 3.63) is 0 Å². The van der Waals surface area contributed by atoms with E-state index in [1.165, 1.54) is 64.2 Å². The molecule has 4 atom stereocenters. The van der Waals surface area contributed by atoms with Gasteiger partial charge in [0, 0.05) is 5.92 Å². The van der Waals surface area contributed by atoms with Crippen LogP contribution in [-0.4, -0.2) is 18.5 Å². The van der Waals surface area contributed by atoms with Crippen LogP contribution < -0.4 is 0 Å². The highest BCUT2D eigenvalue weighted by molar-refractivity contribution is 4.85. The van der Waals surface area contributed by atoms with E-state index in [-0.39, 0.29) is 6.29 Å². The second-order valence-corrected chi connectivity index (χ2v) is 7.63. The molecular formula is C18H32O2. The summed E-state index contributed by atoms with van der Waals surface area (Å²) in [6, 6.07) is 0. The summed E-state index contributed by atoms with van der Waals surface area (Å²) < 4.78 is 12.4. The van der Waals surface area contributed by atoms with Gasteiger partial charge in [0.05, 0.1) is 12.2 Å². The van der Waals surface area contributed by atoms with Crippen LogP contribution in [-0.2, 0) is 9.47 Å². The summed E-state index contributed by atoms with van der Waals surface area (Å²) in [4.78, 5) is 0. The molecule has 2 aliphatic carbocycles. The third-order valence-corrected chi connectivity index (χ3v) is 5.79. The number of ether oxygens (including phenoxy) is 2. The Morgan fingerprint density at radius 3 is 1.60 bits per heavy atom. The first-order valence-electron chi connectivity index (χ1n) is 9.05. The molecule has 2 saturated carbocycles. The van der Waals surface area contributed by atoms with Crippen LogP contribution in [0, 0.1) is 17.8 Å². The molecule has 1 aliphatic heterocycles. The third kappa shape index (κ3) is 3.39. The van der Waals surface area contributed by atoms with Crippen molar-refractivity contribution in [3.8, 4) is 0 Å². The second kappa shape index (κ2) is 6.79. The van der Waals surface area contributed by atoms with Crippen LogP contribution >= 0.6 is 0 Å². The molecular weight excluding hydrogens is 248 g/mol. The molecule has 3 fully saturated rings. The Hall–Kier alpha value is -0.0800. The van der Waals surface area contributed by atoms with Crippen LogP contribution in [0.1, 0.15) is 78.1 Å². The molecule has 1 saturated heterocycles. The molecule has 20 heavy (non-hydrogen) atoms. The number of rotatable bonds is 1. The Kier molecular flexibility index (Phi) is 5.04. The molecule has 0 aromatic carbocycles. The minimum absolute atomic E-state index is 0.0516. The molecule has 0 aromatic heterocycles. The van der Waals surface area contributed by atoms with Gasteiger partial charge in [0.2, 0.25) is 0 Å². The standard InChI is InChI=1S/C18H32O2/c1-13(2)18-19-16-11-9-14-7-5-3-4-6-8-15(14)10-12-17(16)20-18/h13-18H,3-12H2,1-2H3. The quantitative estimate of drug-likeness (QED) is 0.679. The van der Waals surface area contributed by atoms with Crippen LogP contribution in [0.4, 0.5) is 0 Å². The maximum absolute atomic E-state index is 6.18. The predicted molar refractivity (Wildman–Crippen MR) is 81.5 cm³/mol. The summed E-state index contributed by atoms with van der Waals surface area (Å²) in [6.07, 6.45) is 14.8. The van der Waals surface area contributed by atoms with Gasteiger partial charge in [0.1, 0.15) is 0 Å². The Bertz CT molecular complexity index is 276. The molecule has 0 spiro atoms. The molecule has 0 radical (unpaired) electrons. The highest BCUT2D eigenvalue weighted by Crippen LogP contribution is 2.40. The fourth-order valence-electron chi connectivity index (χ4n) is 4.53. The predicted octanol–water partition coefficient (Wildman–Crippen LogP) is 4.91. The van der Waals surface area contributed by atoms with E-state index < -0.39 is 0 Å². The van der Waals surface area contributed by atoms with Gasteiger partial charge < -0.3 is 9.47 Å². The fraction of sp³-hybridized carbons (Fsp3) is 1.00. The van der Waals surface area contributed by atoms with E-state index in [0.29, 0.717) is 18.1 Å². The number of hydrogen-bond donors (Lipinski definition) is 0. The topological polar surface area (TPSA) is 18.5 Å². The number of fused-ring (bicyclic) bond motifs is 2. The molecule has 4 unspecified atom stereocenters. The van der Waals surface area contributed by atoms with Crippen molar-refractivity contribution in [1.29, 1.82) is 0 Å². The average molecular weight is 280 g/mol. The maximum Gasteiger partial charge on any atom is 0.160 e. The second-order valence-electron chi connectivity index (χ2n) is 7.63. The van der Waals surface area contributed by atoms with Gasteiger partial charge in [-0.25, -0.2) is 0 Å². The lowest BCUT2D eigenvalue weighted by Crippen LogP contribution is -2.30. The zero-order valence-electron chi connectivity index (χ0n) is 13.4. The molecule has 0 amide bonds. The van der Waals surface area contributed by atoms with E-state index in [1.807, 2.05) is 0 Å². The largest absolute Gasteiger partial charge is 0.346 e. The van der Waals surface area contributed by atoms with Crippen molar-refractivity contribution < 1.29 is 9.47 Å². The van der Waals surface area contributed by atoms with Gasteiger partial charge in [0.25, 0.3) is 0 Å². The highest BCUT2D eigenvalue weighted by Gasteiger charge is 2.39. The zero-order valence-corrected chi connectivity index (χ0v) is 13.4. The first kappa shape index (κ1) is 14.8. The number of hydrogen-bond acceptors (Lipinski definition) is 2. The molecule has 2 nitrogen and oxygen atoms in total. The van der Waals surface area contributed by atoms with Gasteiger partial charge in [-0.3, -0.25) is 0 Å². The summed E-state index contributed by atoms with van der Waals surface area (Å²) in [5.41, 5.74) is 0. The van der Waals surface area contributed by atoms with Crippen LogP contribution in [0.3, 0.4) is 0 Å². The molecule has 3 rings (SSSR count). The van der Waals surface area contributed by atoms with Crippen LogP contribution in [0.25, 0.3) is 0 Å². The molecule has 116 valence electrons. The lowest BCUT2D eigenvalue weighted by molar-refractivity contribution is -0.0960. The SMILES string of the molecule is CC(C)C1OC2CCC3CCCCCCC3CCC2O1. The van der Waals surface area contributed by atoms with E-state index in [0.717, 1.165) is 11.8 Å². The molecule has 0 aromatic rings. The van der Waals surface area contributed by atoms with Crippen molar-refractivity contribution in [1.82, 2.24) is 0 Å². The maximum atomic E-state index is 6.18. The van der Waals surface area contributed by atoms with Crippen LogP contribution in [0.15, 0.2) is 0 Å². The van der Waals surface area contributed by atoms with Crippen molar-refractivity contribution in [3.63, 3.8) is 0 Å². The molecule has 1 heterocycles. The summed E-state index contributed by atoms with van der Waals surface area (Å²) >= 11 is 0. The lowest BCUT2D eigenvalue weighted by Gasteiger charge is -2.33. The highest BCUT2D eigenvalue weighted by atomic mass is 16.7. The Morgan fingerprint density at radius 1 is 0.650 bits per heavy atom. The van der Waals surface area contributed by atoms with E-state index in [9.17, 15) is 0 Å². The first-order valence-corrected chi connectivity index (χ1v) is 9.05. The summed E-state index contributed by atoms with van der Waals surface area (Å²) in [6.45, 7) is 4.41. The van der Waals surface area contributed by atoms with Crippen LogP contribution in [0.5, 0.6) is 0 Å². The minimum Gasteiger partial charge on any atom is -0.346 e. The summed E-state index contributed by atoms with van der Waals surface area (Å²) in [5.74, 6) is 2.42. The minimum atomic E-state index is 0.0516. The van der Waals surface area contributed by atoms with Gasteiger partial charge in [0.15, 0.2) is 6.29 Å². The molecule has 2 heteroatoms. The summed E-state index contributed by atoms with van der Waals surface area (Å²) in [5, 5.41) is 0. The Balaban J connectivity index is 1.62. The molecule has 0 N–H and O–H groups in total. The fourth-order valence-corrected chi connectivity index (χ4v) is 4.53. The monoisotopic (exact) mass is 280 g/mol.